The van der Waals surface area contributed by atoms with Crippen molar-refractivity contribution in [3.63, 3.8) is 0 Å². The van der Waals surface area contributed by atoms with Crippen LogP contribution in [0.3, 0.4) is 0 Å². The molecule has 18 heavy (non-hydrogen) atoms. The summed E-state index contributed by atoms with van der Waals surface area (Å²) in [5.74, 6) is -0.391. The Hall–Kier alpha value is -1.61. The van der Waals surface area contributed by atoms with Crippen LogP contribution in [0.15, 0.2) is 6.07 Å². The van der Waals surface area contributed by atoms with Gasteiger partial charge in [0.25, 0.3) is 0 Å². The molecule has 0 aromatic carbocycles. The number of hydrogen-bond acceptors (Lipinski definition) is 6. The van der Waals surface area contributed by atoms with E-state index in [0.29, 0.717) is 26.3 Å². The zero-order chi connectivity index (χ0) is 13.2. The van der Waals surface area contributed by atoms with Gasteiger partial charge >= 0.3 is 6.18 Å². The molecule has 0 aliphatic carbocycles. The molecule has 1 fully saturated rings. The van der Waals surface area contributed by atoms with Crippen LogP contribution in [0.25, 0.3) is 0 Å². The first-order valence-corrected chi connectivity index (χ1v) is 5.26. The van der Waals surface area contributed by atoms with Crippen LogP contribution in [0, 0.1) is 0 Å². The lowest BCUT2D eigenvalue weighted by molar-refractivity contribution is -0.141. The first-order valence-electron chi connectivity index (χ1n) is 5.26. The van der Waals surface area contributed by atoms with Gasteiger partial charge in [-0.15, -0.1) is 0 Å². The van der Waals surface area contributed by atoms with Gasteiger partial charge in [0.1, 0.15) is 5.82 Å². The van der Waals surface area contributed by atoms with E-state index in [4.69, 9.17) is 10.5 Å². The Morgan fingerprint density at radius 3 is 2.56 bits per heavy atom. The van der Waals surface area contributed by atoms with E-state index in [1.54, 1.807) is 5.01 Å². The van der Waals surface area contributed by atoms with E-state index < -0.39 is 17.8 Å². The molecule has 0 unspecified atom stereocenters. The molecule has 0 saturated carbocycles. The van der Waals surface area contributed by atoms with Crippen molar-refractivity contribution in [2.45, 2.75) is 6.18 Å². The summed E-state index contributed by atoms with van der Waals surface area (Å²) in [7, 11) is 0. The lowest BCUT2D eigenvalue weighted by Crippen LogP contribution is -2.40. The molecule has 100 valence electrons. The summed E-state index contributed by atoms with van der Waals surface area (Å²) in [6.07, 6.45) is -4.54. The SMILES string of the molecule is Nc1nc(NN2CCOCC2)cc(C(F)(F)F)n1. The smallest absolute Gasteiger partial charge is 0.379 e. The second-order valence-electron chi connectivity index (χ2n) is 3.71. The summed E-state index contributed by atoms with van der Waals surface area (Å²) in [6.45, 7) is 2.15. The number of hydrogen-bond donors (Lipinski definition) is 2. The van der Waals surface area contributed by atoms with E-state index in [1.165, 1.54) is 0 Å². The van der Waals surface area contributed by atoms with Crippen LogP contribution in [0.4, 0.5) is 24.9 Å². The number of rotatable bonds is 2. The fourth-order valence-electron chi connectivity index (χ4n) is 1.51. The molecule has 2 heterocycles. The highest BCUT2D eigenvalue weighted by atomic mass is 19.4. The Morgan fingerprint density at radius 2 is 1.94 bits per heavy atom. The Balaban J connectivity index is 2.14. The highest BCUT2D eigenvalue weighted by molar-refractivity contribution is 5.40. The quantitative estimate of drug-likeness (QED) is 0.819. The van der Waals surface area contributed by atoms with Crippen LogP contribution in [0.5, 0.6) is 0 Å². The van der Waals surface area contributed by atoms with Crippen LogP contribution in [-0.4, -0.2) is 41.3 Å². The van der Waals surface area contributed by atoms with Crippen molar-refractivity contribution < 1.29 is 17.9 Å². The fourth-order valence-corrected chi connectivity index (χ4v) is 1.51. The molecule has 0 spiro atoms. The minimum Gasteiger partial charge on any atom is -0.379 e. The molecule has 6 nitrogen and oxygen atoms in total. The topological polar surface area (TPSA) is 76.3 Å². The third-order valence-electron chi connectivity index (χ3n) is 2.32. The second-order valence-corrected chi connectivity index (χ2v) is 3.71. The molecule has 0 atom stereocenters. The van der Waals surface area contributed by atoms with E-state index in [-0.39, 0.29) is 5.82 Å². The van der Waals surface area contributed by atoms with Gasteiger partial charge in [-0.05, 0) is 0 Å². The third kappa shape index (κ3) is 3.20. The summed E-state index contributed by atoms with van der Waals surface area (Å²) < 4.78 is 42.7. The van der Waals surface area contributed by atoms with Gasteiger partial charge in [-0.25, -0.2) is 9.99 Å². The number of nitrogen functional groups attached to an aromatic ring is 1. The Kier molecular flexibility index (Phi) is 3.53. The van der Waals surface area contributed by atoms with E-state index in [2.05, 4.69) is 15.4 Å². The van der Waals surface area contributed by atoms with Crippen LogP contribution in [0.1, 0.15) is 5.69 Å². The van der Waals surface area contributed by atoms with Crippen LogP contribution in [0.2, 0.25) is 0 Å². The lowest BCUT2D eigenvalue weighted by atomic mass is 10.4. The fraction of sp³-hybridized carbons (Fsp3) is 0.556. The van der Waals surface area contributed by atoms with Gasteiger partial charge in [0.05, 0.1) is 13.2 Å². The summed E-state index contributed by atoms with van der Waals surface area (Å²) >= 11 is 0. The van der Waals surface area contributed by atoms with Gasteiger partial charge in [0.2, 0.25) is 5.95 Å². The monoisotopic (exact) mass is 263 g/mol. The van der Waals surface area contributed by atoms with Crippen LogP contribution in [-0.2, 0) is 10.9 Å². The minimum absolute atomic E-state index is 0.0247. The van der Waals surface area contributed by atoms with Gasteiger partial charge in [0.15, 0.2) is 5.69 Å². The molecule has 1 aliphatic heterocycles. The van der Waals surface area contributed by atoms with Crippen molar-refractivity contribution >= 4 is 11.8 Å². The van der Waals surface area contributed by atoms with Gasteiger partial charge in [-0.1, -0.05) is 0 Å². The molecule has 1 aromatic rings. The molecule has 0 radical (unpaired) electrons. The average Bonchev–Trinajstić information content (AvgIpc) is 2.28. The number of nitrogens with two attached hydrogens (primary N) is 1. The second kappa shape index (κ2) is 4.94. The van der Waals surface area contributed by atoms with E-state index in [0.717, 1.165) is 6.07 Å². The number of alkyl halides is 3. The Labute approximate surface area is 101 Å². The number of aromatic nitrogens is 2. The standard InChI is InChI=1S/C9H12F3N5O/c10-9(11,12)6-5-7(15-8(13)14-6)16-17-1-3-18-4-2-17/h5H,1-4H2,(H3,13,14,15,16). The maximum atomic E-state index is 12.5. The summed E-state index contributed by atoms with van der Waals surface area (Å²) in [5.41, 5.74) is 6.95. The normalized spacial score (nSPS) is 17.7. The molecular weight excluding hydrogens is 251 g/mol. The first kappa shape index (κ1) is 12.8. The lowest BCUT2D eigenvalue weighted by Gasteiger charge is -2.27. The maximum Gasteiger partial charge on any atom is 0.433 e. The number of ether oxygens (including phenoxy) is 1. The van der Waals surface area contributed by atoms with Gasteiger partial charge in [0, 0.05) is 19.2 Å². The van der Waals surface area contributed by atoms with Gasteiger partial charge in [-0.3, -0.25) is 0 Å². The van der Waals surface area contributed by atoms with E-state index in [9.17, 15) is 13.2 Å². The maximum absolute atomic E-state index is 12.5. The van der Waals surface area contributed by atoms with Crippen LogP contribution >= 0.6 is 0 Å². The number of anilines is 2. The zero-order valence-electron chi connectivity index (χ0n) is 9.37. The molecule has 1 saturated heterocycles. The van der Waals surface area contributed by atoms with Crippen molar-refractivity contribution in [1.82, 2.24) is 15.0 Å². The summed E-state index contributed by atoms with van der Waals surface area (Å²) in [6, 6.07) is 0.825. The molecular formula is C9H12F3N5O. The van der Waals surface area contributed by atoms with Crippen molar-refractivity contribution in [2.75, 3.05) is 37.5 Å². The average molecular weight is 263 g/mol. The molecule has 1 aliphatic rings. The molecule has 3 N–H and O–H groups in total. The predicted octanol–water partition coefficient (Wildman–Crippen LogP) is 0.737. The highest BCUT2D eigenvalue weighted by Gasteiger charge is 2.33. The molecule has 9 heteroatoms. The Bertz CT molecular complexity index is 419. The molecule has 1 aromatic heterocycles. The van der Waals surface area contributed by atoms with Gasteiger partial charge < -0.3 is 15.9 Å². The van der Waals surface area contributed by atoms with Crippen LogP contribution < -0.4 is 11.2 Å². The number of hydrazine groups is 1. The number of halogens is 3. The van der Waals surface area contributed by atoms with Crippen molar-refractivity contribution in [3.05, 3.63) is 11.8 Å². The minimum atomic E-state index is -4.54. The van der Waals surface area contributed by atoms with Crippen molar-refractivity contribution in [1.29, 1.82) is 0 Å². The zero-order valence-corrected chi connectivity index (χ0v) is 9.37. The molecule has 0 bridgehead atoms. The number of nitrogens with one attached hydrogen (secondary N) is 1. The van der Waals surface area contributed by atoms with Crippen molar-refractivity contribution in [2.24, 2.45) is 0 Å². The summed E-state index contributed by atoms with van der Waals surface area (Å²) in [4.78, 5) is 6.87. The molecule has 2 rings (SSSR count). The highest BCUT2D eigenvalue weighted by Crippen LogP contribution is 2.29. The largest absolute Gasteiger partial charge is 0.433 e. The number of morpholine rings is 1. The molecule has 0 amide bonds. The summed E-state index contributed by atoms with van der Waals surface area (Å²) in [5, 5.41) is 1.71. The van der Waals surface area contributed by atoms with Gasteiger partial charge in [-0.2, -0.15) is 18.2 Å². The first-order chi connectivity index (χ1) is 8.45. The Morgan fingerprint density at radius 1 is 1.28 bits per heavy atom. The third-order valence-corrected chi connectivity index (χ3v) is 2.32. The number of nitrogens with zero attached hydrogens (tertiary/aromatic N) is 3. The predicted molar refractivity (Wildman–Crippen MR) is 57.5 cm³/mol. The van der Waals surface area contributed by atoms with E-state index >= 15 is 0 Å². The van der Waals surface area contributed by atoms with E-state index in [1.807, 2.05) is 0 Å². The van der Waals surface area contributed by atoms with Crippen molar-refractivity contribution in [3.8, 4) is 0 Å².